The van der Waals surface area contributed by atoms with Gasteiger partial charge >= 0.3 is 0 Å². The van der Waals surface area contributed by atoms with Crippen LogP contribution < -0.4 is 10.1 Å². The van der Waals surface area contributed by atoms with E-state index in [2.05, 4.69) is 31.3 Å². The van der Waals surface area contributed by atoms with Gasteiger partial charge in [-0.25, -0.2) is 0 Å². The highest BCUT2D eigenvalue weighted by atomic mass is 16.5. The second-order valence-electron chi connectivity index (χ2n) is 4.84. The normalized spacial score (nSPS) is 25.2. The summed E-state index contributed by atoms with van der Waals surface area (Å²) in [6, 6.07) is 8.59. The first-order valence-electron chi connectivity index (χ1n) is 6.08. The lowest BCUT2D eigenvalue weighted by molar-refractivity contribution is 0.400. The molecule has 3 unspecified atom stereocenters. The van der Waals surface area contributed by atoms with Crippen molar-refractivity contribution in [2.45, 2.75) is 26.3 Å². The molecule has 2 rings (SSSR count). The van der Waals surface area contributed by atoms with Crippen molar-refractivity contribution < 1.29 is 4.74 Å². The summed E-state index contributed by atoms with van der Waals surface area (Å²) in [5, 5.41) is 3.59. The number of para-hydroxylation sites is 1. The van der Waals surface area contributed by atoms with Crippen LogP contribution in [0.5, 0.6) is 5.75 Å². The molecular formula is C14H21NO. The molecule has 3 atom stereocenters. The maximum atomic E-state index is 5.37. The van der Waals surface area contributed by atoms with E-state index in [0.717, 1.165) is 24.1 Å². The third kappa shape index (κ3) is 2.56. The predicted molar refractivity (Wildman–Crippen MR) is 66.7 cm³/mol. The van der Waals surface area contributed by atoms with Crippen LogP contribution in [0.3, 0.4) is 0 Å². The van der Waals surface area contributed by atoms with Crippen LogP contribution in [-0.2, 0) is 0 Å². The first-order chi connectivity index (χ1) is 7.72. The summed E-state index contributed by atoms with van der Waals surface area (Å²) in [5.74, 6) is 2.78. The monoisotopic (exact) mass is 219 g/mol. The molecule has 1 aromatic rings. The number of nitrogens with one attached hydrogen (secondary N) is 1. The van der Waals surface area contributed by atoms with Gasteiger partial charge in [0.15, 0.2) is 0 Å². The molecule has 0 amide bonds. The van der Waals surface area contributed by atoms with E-state index in [-0.39, 0.29) is 0 Å². The molecule has 0 aromatic heterocycles. The third-order valence-corrected chi connectivity index (χ3v) is 3.57. The van der Waals surface area contributed by atoms with Gasteiger partial charge in [-0.1, -0.05) is 25.1 Å². The van der Waals surface area contributed by atoms with Crippen molar-refractivity contribution in [3.63, 3.8) is 0 Å². The van der Waals surface area contributed by atoms with Gasteiger partial charge in [0.05, 0.1) is 7.11 Å². The zero-order valence-electron chi connectivity index (χ0n) is 10.4. The van der Waals surface area contributed by atoms with Crippen molar-refractivity contribution >= 4 is 0 Å². The summed E-state index contributed by atoms with van der Waals surface area (Å²) in [6.45, 7) is 5.64. The highest BCUT2D eigenvalue weighted by Crippen LogP contribution is 2.37. The van der Waals surface area contributed by atoms with Crippen LogP contribution in [0.1, 0.15) is 31.9 Å². The Morgan fingerprint density at radius 2 is 2.12 bits per heavy atom. The van der Waals surface area contributed by atoms with Crippen molar-refractivity contribution in [3.8, 4) is 5.75 Å². The summed E-state index contributed by atoms with van der Waals surface area (Å²) >= 11 is 0. The Morgan fingerprint density at radius 3 is 2.75 bits per heavy atom. The van der Waals surface area contributed by atoms with Gasteiger partial charge in [0.2, 0.25) is 0 Å². The largest absolute Gasteiger partial charge is 0.496 e. The quantitative estimate of drug-likeness (QED) is 0.822. The maximum absolute atomic E-state index is 5.37. The lowest BCUT2D eigenvalue weighted by Crippen LogP contribution is -2.21. The van der Waals surface area contributed by atoms with Crippen LogP contribution in [0.2, 0.25) is 0 Å². The van der Waals surface area contributed by atoms with Crippen LogP contribution in [0.4, 0.5) is 0 Å². The fourth-order valence-electron chi connectivity index (χ4n) is 2.15. The van der Waals surface area contributed by atoms with E-state index < -0.39 is 0 Å². The molecule has 2 heteroatoms. The van der Waals surface area contributed by atoms with Crippen LogP contribution >= 0.6 is 0 Å². The fourth-order valence-corrected chi connectivity index (χ4v) is 2.15. The Labute approximate surface area is 98.0 Å². The van der Waals surface area contributed by atoms with E-state index in [1.807, 2.05) is 12.1 Å². The predicted octanol–water partition coefficient (Wildman–Crippen LogP) is 3.00. The Hall–Kier alpha value is -1.02. The van der Waals surface area contributed by atoms with Gasteiger partial charge < -0.3 is 10.1 Å². The number of benzene rings is 1. The van der Waals surface area contributed by atoms with E-state index in [0.29, 0.717) is 6.04 Å². The highest BCUT2D eigenvalue weighted by molar-refractivity contribution is 5.35. The number of ether oxygens (including phenoxy) is 1. The zero-order valence-corrected chi connectivity index (χ0v) is 10.4. The number of methoxy groups -OCH3 is 1. The summed E-state index contributed by atoms with van der Waals surface area (Å²) in [5.41, 5.74) is 1.25. The van der Waals surface area contributed by atoms with Crippen LogP contribution in [0, 0.1) is 11.8 Å². The molecule has 1 aliphatic carbocycles. The highest BCUT2D eigenvalue weighted by Gasteiger charge is 2.32. The van der Waals surface area contributed by atoms with Crippen molar-refractivity contribution in [2.75, 3.05) is 13.7 Å². The summed E-state index contributed by atoms with van der Waals surface area (Å²) in [7, 11) is 1.73. The second-order valence-corrected chi connectivity index (χ2v) is 4.84. The van der Waals surface area contributed by atoms with E-state index in [1.165, 1.54) is 12.0 Å². The van der Waals surface area contributed by atoms with E-state index in [9.17, 15) is 0 Å². The van der Waals surface area contributed by atoms with Crippen molar-refractivity contribution in [1.29, 1.82) is 0 Å². The van der Waals surface area contributed by atoms with Crippen LogP contribution in [0.25, 0.3) is 0 Å². The molecule has 0 radical (unpaired) electrons. The molecule has 1 aromatic carbocycles. The lowest BCUT2D eigenvalue weighted by atomic mass is 10.1. The van der Waals surface area contributed by atoms with Gasteiger partial charge in [-0.15, -0.1) is 0 Å². The van der Waals surface area contributed by atoms with E-state index >= 15 is 0 Å². The average molecular weight is 219 g/mol. The molecule has 0 bridgehead atoms. The molecule has 0 heterocycles. The Kier molecular flexibility index (Phi) is 3.49. The Balaban J connectivity index is 1.94. The van der Waals surface area contributed by atoms with Crippen molar-refractivity contribution in [3.05, 3.63) is 29.8 Å². The lowest BCUT2D eigenvalue weighted by Gasteiger charge is -2.17. The van der Waals surface area contributed by atoms with Crippen LogP contribution in [-0.4, -0.2) is 13.7 Å². The minimum absolute atomic E-state index is 0.365. The molecule has 2 nitrogen and oxygen atoms in total. The Morgan fingerprint density at radius 1 is 1.44 bits per heavy atom. The van der Waals surface area contributed by atoms with Gasteiger partial charge in [-0.05, 0) is 37.8 Å². The number of hydrogen-bond donors (Lipinski definition) is 1. The average Bonchev–Trinajstić information content (AvgIpc) is 3.02. The summed E-state index contributed by atoms with van der Waals surface area (Å²) in [4.78, 5) is 0. The van der Waals surface area contributed by atoms with Gasteiger partial charge in [0.25, 0.3) is 0 Å². The molecular weight excluding hydrogens is 198 g/mol. The molecule has 0 spiro atoms. The fraction of sp³-hybridized carbons (Fsp3) is 0.571. The maximum Gasteiger partial charge on any atom is 0.123 e. The molecule has 0 saturated heterocycles. The standard InChI is InChI=1S/C14H21NO/c1-10-8-12(10)9-15-11(2)13-6-4-5-7-14(13)16-3/h4-7,10-12,15H,8-9H2,1-3H3. The van der Waals surface area contributed by atoms with Gasteiger partial charge in [-0.3, -0.25) is 0 Å². The molecule has 88 valence electrons. The molecule has 1 N–H and O–H groups in total. The van der Waals surface area contributed by atoms with E-state index in [4.69, 9.17) is 4.74 Å². The summed E-state index contributed by atoms with van der Waals surface area (Å²) in [6.07, 6.45) is 1.38. The topological polar surface area (TPSA) is 21.3 Å². The zero-order chi connectivity index (χ0) is 11.5. The summed E-state index contributed by atoms with van der Waals surface area (Å²) < 4.78 is 5.37. The minimum atomic E-state index is 0.365. The molecule has 1 fully saturated rings. The molecule has 1 saturated carbocycles. The third-order valence-electron chi connectivity index (χ3n) is 3.57. The van der Waals surface area contributed by atoms with E-state index in [1.54, 1.807) is 7.11 Å². The van der Waals surface area contributed by atoms with Gasteiger partial charge in [0, 0.05) is 11.6 Å². The Bertz CT molecular complexity index is 350. The second kappa shape index (κ2) is 4.88. The minimum Gasteiger partial charge on any atom is -0.496 e. The SMILES string of the molecule is COc1ccccc1C(C)NCC1CC1C. The first kappa shape index (κ1) is 11.5. The van der Waals surface area contributed by atoms with Crippen molar-refractivity contribution in [1.82, 2.24) is 5.32 Å². The first-order valence-corrected chi connectivity index (χ1v) is 6.08. The van der Waals surface area contributed by atoms with Gasteiger partial charge in [-0.2, -0.15) is 0 Å². The smallest absolute Gasteiger partial charge is 0.123 e. The van der Waals surface area contributed by atoms with Crippen molar-refractivity contribution in [2.24, 2.45) is 11.8 Å². The van der Waals surface area contributed by atoms with Crippen LogP contribution in [0.15, 0.2) is 24.3 Å². The molecule has 16 heavy (non-hydrogen) atoms. The number of rotatable bonds is 5. The molecule has 1 aliphatic rings. The molecule has 0 aliphatic heterocycles. The van der Waals surface area contributed by atoms with Gasteiger partial charge in [0.1, 0.15) is 5.75 Å². The number of hydrogen-bond acceptors (Lipinski definition) is 2.